The number of fused-ring (bicyclic) bond motifs is 1. The number of amides is 1. The molecule has 1 N–H and O–H groups in total. The summed E-state index contributed by atoms with van der Waals surface area (Å²) in [4.78, 5) is 23.8. The minimum absolute atomic E-state index is 0.130. The molecule has 1 aliphatic heterocycles. The van der Waals surface area contributed by atoms with Crippen molar-refractivity contribution in [3.63, 3.8) is 0 Å². The van der Waals surface area contributed by atoms with E-state index in [1.165, 1.54) is 11.0 Å². The van der Waals surface area contributed by atoms with Gasteiger partial charge in [-0.25, -0.2) is 4.79 Å². The summed E-state index contributed by atoms with van der Waals surface area (Å²) in [6.07, 6.45) is 0.599. The molecule has 1 saturated heterocycles. The summed E-state index contributed by atoms with van der Waals surface area (Å²) in [6, 6.07) is -0.372. The van der Waals surface area contributed by atoms with Crippen molar-refractivity contribution in [2.45, 2.75) is 12.1 Å². The van der Waals surface area contributed by atoms with E-state index in [0.29, 0.717) is 13.2 Å². The summed E-state index contributed by atoms with van der Waals surface area (Å²) in [6.45, 7) is 4.30. The van der Waals surface area contributed by atoms with Gasteiger partial charge in [-0.1, -0.05) is 12.7 Å². The lowest BCUT2D eigenvalue weighted by molar-refractivity contribution is -0.139. The molecular weight excluding hydrogens is 214 g/mol. The van der Waals surface area contributed by atoms with Crippen LogP contribution in [-0.2, 0) is 14.3 Å². The van der Waals surface area contributed by atoms with Crippen molar-refractivity contribution in [1.82, 2.24) is 4.90 Å². The first-order valence-electron chi connectivity index (χ1n) is 5.05. The lowest BCUT2D eigenvalue weighted by atomic mass is 10.4. The molecule has 6 nitrogen and oxygen atoms in total. The summed E-state index contributed by atoms with van der Waals surface area (Å²) < 4.78 is 10.1. The average Bonchev–Trinajstić information content (AvgIpc) is 2.99. The van der Waals surface area contributed by atoms with Crippen molar-refractivity contribution in [3.8, 4) is 0 Å². The lowest BCUT2D eigenvalue weighted by Crippen LogP contribution is -2.41. The number of hydrogen-bond acceptors (Lipinski definition) is 4. The van der Waals surface area contributed by atoms with Gasteiger partial charge in [-0.2, -0.15) is 0 Å². The van der Waals surface area contributed by atoms with Crippen LogP contribution in [0.4, 0.5) is 4.79 Å². The maximum absolute atomic E-state index is 11.6. The molecule has 0 aromatic carbocycles. The Balaban J connectivity index is 1.97. The molecule has 88 valence electrons. The minimum atomic E-state index is -0.932. The molecule has 1 amide bonds. The fraction of sp³-hybridized carbons (Fsp3) is 0.600. The number of ether oxygens (including phenoxy) is 2. The van der Waals surface area contributed by atoms with Gasteiger partial charge < -0.3 is 14.6 Å². The third-order valence-corrected chi connectivity index (χ3v) is 2.76. The number of carboxylic acids is 1. The number of morpholine rings is 1. The normalized spacial score (nSPS) is 31.5. The van der Waals surface area contributed by atoms with E-state index in [9.17, 15) is 9.59 Å². The van der Waals surface area contributed by atoms with Crippen molar-refractivity contribution in [2.24, 2.45) is 5.92 Å². The zero-order chi connectivity index (χ0) is 11.7. The second kappa shape index (κ2) is 4.13. The fourth-order valence-electron chi connectivity index (χ4n) is 1.99. The molecule has 2 rings (SSSR count). The Labute approximate surface area is 92.4 Å². The maximum atomic E-state index is 11.6. The average molecular weight is 227 g/mol. The van der Waals surface area contributed by atoms with Gasteiger partial charge in [0.25, 0.3) is 0 Å². The lowest BCUT2D eigenvalue weighted by Gasteiger charge is -2.25. The molecule has 0 spiro atoms. The van der Waals surface area contributed by atoms with E-state index in [-0.39, 0.29) is 18.8 Å². The first-order valence-corrected chi connectivity index (χ1v) is 5.05. The van der Waals surface area contributed by atoms with Gasteiger partial charge in [0.05, 0.1) is 18.8 Å². The van der Waals surface area contributed by atoms with Crippen LogP contribution >= 0.6 is 0 Å². The Morgan fingerprint density at radius 3 is 3.00 bits per heavy atom. The highest BCUT2D eigenvalue weighted by Gasteiger charge is 2.62. The molecule has 2 fully saturated rings. The van der Waals surface area contributed by atoms with Gasteiger partial charge in [0.15, 0.2) is 0 Å². The number of nitrogens with zero attached hydrogens (tertiary/aromatic N) is 1. The highest BCUT2D eigenvalue weighted by atomic mass is 16.6. The van der Waals surface area contributed by atoms with E-state index < -0.39 is 18.0 Å². The van der Waals surface area contributed by atoms with Crippen LogP contribution in [-0.4, -0.2) is 54.0 Å². The van der Waals surface area contributed by atoms with Gasteiger partial charge in [-0.15, -0.1) is 0 Å². The summed E-state index contributed by atoms with van der Waals surface area (Å²) in [7, 11) is 0. The van der Waals surface area contributed by atoms with E-state index in [1.807, 2.05) is 0 Å². The summed E-state index contributed by atoms with van der Waals surface area (Å²) in [5.41, 5.74) is 0. The Hall–Kier alpha value is -1.56. The van der Waals surface area contributed by atoms with Crippen molar-refractivity contribution < 1.29 is 24.2 Å². The first-order chi connectivity index (χ1) is 7.66. The molecule has 0 bridgehead atoms. The molecule has 6 heteroatoms. The second-order valence-electron chi connectivity index (χ2n) is 3.75. The van der Waals surface area contributed by atoms with Gasteiger partial charge in [0.2, 0.25) is 0 Å². The molecule has 0 aromatic heterocycles. The van der Waals surface area contributed by atoms with Crippen LogP contribution in [0, 0.1) is 5.92 Å². The molecule has 0 aromatic rings. The third-order valence-electron chi connectivity index (χ3n) is 2.76. The van der Waals surface area contributed by atoms with Crippen LogP contribution in [0.3, 0.4) is 0 Å². The number of carboxylic acid groups (broad SMARTS) is 1. The fourth-order valence-corrected chi connectivity index (χ4v) is 1.99. The Morgan fingerprint density at radius 2 is 2.38 bits per heavy atom. The molecule has 1 saturated carbocycles. The first kappa shape index (κ1) is 10.9. The Morgan fingerprint density at radius 1 is 1.62 bits per heavy atom. The Bertz CT molecular complexity index is 329. The number of rotatable bonds is 3. The van der Waals surface area contributed by atoms with Crippen molar-refractivity contribution in [1.29, 1.82) is 0 Å². The molecule has 3 atom stereocenters. The molecule has 2 aliphatic rings. The zero-order valence-electron chi connectivity index (χ0n) is 8.67. The topological polar surface area (TPSA) is 76.1 Å². The molecule has 0 radical (unpaired) electrons. The van der Waals surface area contributed by atoms with Gasteiger partial charge in [-0.3, -0.25) is 9.69 Å². The minimum Gasteiger partial charge on any atom is -0.481 e. The van der Waals surface area contributed by atoms with E-state index in [0.717, 1.165) is 0 Å². The number of carbonyl (C=O) groups is 2. The SMILES string of the molecule is C=CCOC(=O)N1CCOC2C(C(=O)O)C21. The van der Waals surface area contributed by atoms with Crippen molar-refractivity contribution in [3.05, 3.63) is 12.7 Å². The molecule has 1 heterocycles. The molecule has 3 unspecified atom stereocenters. The zero-order valence-corrected chi connectivity index (χ0v) is 8.67. The van der Waals surface area contributed by atoms with Gasteiger partial charge >= 0.3 is 12.1 Å². The van der Waals surface area contributed by atoms with E-state index in [2.05, 4.69) is 6.58 Å². The van der Waals surface area contributed by atoms with Crippen molar-refractivity contribution >= 4 is 12.1 Å². The van der Waals surface area contributed by atoms with E-state index in [1.54, 1.807) is 0 Å². The maximum Gasteiger partial charge on any atom is 0.410 e. The predicted molar refractivity (Wildman–Crippen MR) is 52.9 cm³/mol. The molecule has 1 aliphatic carbocycles. The summed E-state index contributed by atoms with van der Waals surface area (Å²) >= 11 is 0. The number of carbonyl (C=O) groups excluding carboxylic acids is 1. The van der Waals surface area contributed by atoms with Crippen LogP contribution in [0.25, 0.3) is 0 Å². The van der Waals surface area contributed by atoms with Crippen LogP contribution in [0.1, 0.15) is 0 Å². The highest BCUT2D eigenvalue weighted by Crippen LogP contribution is 2.42. The van der Waals surface area contributed by atoms with Gasteiger partial charge in [0.1, 0.15) is 12.5 Å². The van der Waals surface area contributed by atoms with Crippen LogP contribution in [0.5, 0.6) is 0 Å². The third kappa shape index (κ3) is 1.76. The van der Waals surface area contributed by atoms with Gasteiger partial charge in [0, 0.05) is 6.54 Å². The van der Waals surface area contributed by atoms with E-state index >= 15 is 0 Å². The standard InChI is InChI=1S/C10H13NO5/c1-2-4-16-10(14)11-3-5-15-8-6(7(8)11)9(12)13/h2,6-8H,1,3-5H2,(H,12,13). The van der Waals surface area contributed by atoms with Crippen LogP contribution in [0.2, 0.25) is 0 Å². The Kier molecular flexibility index (Phi) is 2.82. The second-order valence-corrected chi connectivity index (χ2v) is 3.75. The molecule has 16 heavy (non-hydrogen) atoms. The monoisotopic (exact) mass is 227 g/mol. The van der Waals surface area contributed by atoms with Crippen molar-refractivity contribution in [2.75, 3.05) is 19.8 Å². The number of aliphatic carboxylic acids is 1. The van der Waals surface area contributed by atoms with E-state index in [4.69, 9.17) is 14.6 Å². The number of hydrogen-bond donors (Lipinski definition) is 1. The summed E-state index contributed by atoms with van der Waals surface area (Å²) in [5.74, 6) is -1.54. The quantitative estimate of drug-likeness (QED) is 0.691. The largest absolute Gasteiger partial charge is 0.481 e. The summed E-state index contributed by atoms with van der Waals surface area (Å²) in [5, 5.41) is 8.88. The highest BCUT2D eigenvalue weighted by molar-refractivity contribution is 5.79. The molecular formula is C10H13NO5. The smallest absolute Gasteiger partial charge is 0.410 e. The van der Waals surface area contributed by atoms with Crippen LogP contribution in [0.15, 0.2) is 12.7 Å². The van der Waals surface area contributed by atoms with Crippen LogP contribution < -0.4 is 0 Å². The van der Waals surface area contributed by atoms with Gasteiger partial charge in [-0.05, 0) is 0 Å². The predicted octanol–water partition coefficient (Wildman–Crippen LogP) is 0.0928.